The summed E-state index contributed by atoms with van der Waals surface area (Å²) in [4.78, 5) is 0. The summed E-state index contributed by atoms with van der Waals surface area (Å²) in [5, 5.41) is 0. The molecule has 0 heterocycles. The van der Waals surface area contributed by atoms with Crippen molar-refractivity contribution in [3.05, 3.63) is 41.7 Å². The summed E-state index contributed by atoms with van der Waals surface area (Å²) in [6, 6.07) is 3.27. The van der Waals surface area contributed by atoms with Crippen molar-refractivity contribution in [2.24, 2.45) is 11.8 Å². The molecule has 132 valence electrons. The fraction of sp³-hybridized carbons (Fsp3) is 0.619. The van der Waals surface area contributed by atoms with Crippen LogP contribution in [0, 0.1) is 23.5 Å². The average molecular weight is 334 g/mol. The smallest absolute Gasteiger partial charge is 0.201 e. The Morgan fingerprint density at radius 1 is 0.875 bits per heavy atom. The highest BCUT2D eigenvalue weighted by molar-refractivity contribution is 5.33. The molecule has 0 saturated heterocycles. The molecule has 2 aliphatic carbocycles. The maximum absolute atomic E-state index is 14.4. The topological polar surface area (TPSA) is 9.23 Å². The van der Waals surface area contributed by atoms with E-state index in [1.165, 1.54) is 38.4 Å². The molecule has 1 aromatic rings. The monoisotopic (exact) mass is 334 g/mol. The number of hydrogen-bond acceptors (Lipinski definition) is 1. The van der Waals surface area contributed by atoms with E-state index in [9.17, 15) is 8.78 Å². The Morgan fingerprint density at radius 2 is 1.54 bits per heavy atom. The highest BCUT2D eigenvalue weighted by Gasteiger charge is 2.31. The number of benzene rings is 1. The molecule has 0 N–H and O–H groups in total. The van der Waals surface area contributed by atoms with Crippen LogP contribution in [0.3, 0.4) is 0 Å². The van der Waals surface area contributed by atoms with Crippen LogP contribution >= 0.6 is 0 Å². The summed E-state index contributed by atoms with van der Waals surface area (Å²) < 4.78 is 33.7. The Labute approximate surface area is 144 Å². The van der Waals surface area contributed by atoms with Crippen LogP contribution in [0.2, 0.25) is 0 Å². The molecule has 0 amide bonds. The van der Waals surface area contributed by atoms with Crippen molar-refractivity contribution in [1.29, 1.82) is 0 Å². The summed E-state index contributed by atoms with van der Waals surface area (Å²) in [5.74, 6) is 0.197. The molecule has 0 radical (unpaired) electrons. The molecule has 3 heteroatoms. The Kier molecular flexibility index (Phi) is 5.91. The van der Waals surface area contributed by atoms with Crippen LogP contribution in [0.5, 0.6) is 5.75 Å². The molecular formula is C21H28F2O. The lowest BCUT2D eigenvalue weighted by Gasteiger charge is -2.36. The molecule has 1 nitrogen and oxygen atoms in total. The second-order valence-electron chi connectivity index (χ2n) is 7.38. The van der Waals surface area contributed by atoms with Gasteiger partial charge in [-0.3, -0.25) is 0 Å². The quantitative estimate of drug-likeness (QED) is 0.555. The van der Waals surface area contributed by atoms with Crippen molar-refractivity contribution in [3.63, 3.8) is 0 Å². The van der Waals surface area contributed by atoms with Gasteiger partial charge in [-0.05, 0) is 62.0 Å². The van der Waals surface area contributed by atoms with Crippen LogP contribution in [0.1, 0.15) is 76.2 Å². The van der Waals surface area contributed by atoms with Crippen LogP contribution in [-0.4, -0.2) is 0 Å². The van der Waals surface area contributed by atoms with E-state index in [2.05, 4.69) is 0 Å². The van der Waals surface area contributed by atoms with Crippen molar-refractivity contribution in [2.45, 2.75) is 70.6 Å². The van der Waals surface area contributed by atoms with Gasteiger partial charge < -0.3 is 4.74 Å². The summed E-state index contributed by atoms with van der Waals surface area (Å²) in [6.07, 6.45) is 14.2. The Morgan fingerprint density at radius 3 is 2.21 bits per heavy atom. The fourth-order valence-corrected chi connectivity index (χ4v) is 4.60. The maximum Gasteiger partial charge on any atom is 0.201 e. The molecule has 0 bridgehead atoms. The van der Waals surface area contributed by atoms with Crippen LogP contribution in [-0.2, 0) is 0 Å². The molecule has 1 aromatic carbocycles. The zero-order valence-corrected chi connectivity index (χ0v) is 14.6. The first-order chi connectivity index (χ1) is 11.7. The summed E-state index contributed by atoms with van der Waals surface area (Å²) in [6.45, 7) is 1.77. The van der Waals surface area contributed by atoms with Crippen molar-refractivity contribution < 1.29 is 13.5 Å². The standard InChI is InChI=1S/C21H28F2O/c1-2-14-24-19-13-12-18(20(22)21(19)23)17-10-8-16(9-11-17)15-6-4-3-5-7-15/h2,12-17H,3-11H2,1H3/b14-2-. The van der Waals surface area contributed by atoms with Gasteiger partial charge in [0.1, 0.15) is 0 Å². The lowest BCUT2D eigenvalue weighted by atomic mass is 9.70. The predicted molar refractivity (Wildman–Crippen MR) is 93.1 cm³/mol. The van der Waals surface area contributed by atoms with Crippen molar-refractivity contribution in [3.8, 4) is 5.75 Å². The zero-order chi connectivity index (χ0) is 16.9. The third kappa shape index (κ3) is 3.81. The summed E-state index contributed by atoms with van der Waals surface area (Å²) in [7, 11) is 0. The third-order valence-electron chi connectivity index (χ3n) is 5.94. The second kappa shape index (κ2) is 8.13. The molecule has 0 aliphatic heterocycles. The van der Waals surface area contributed by atoms with Crippen molar-refractivity contribution in [1.82, 2.24) is 0 Å². The average Bonchev–Trinajstić information content (AvgIpc) is 2.64. The molecule has 24 heavy (non-hydrogen) atoms. The SMILES string of the molecule is C/C=C\Oc1ccc(C2CCC(C3CCCCC3)CC2)c(F)c1F. The lowest BCUT2D eigenvalue weighted by Crippen LogP contribution is -2.23. The van der Waals surface area contributed by atoms with Gasteiger partial charge in [0.15, 0.2) is 11.6 Å². The number of ether oxygens (including phenoxy) is 1. The second-order valence-corrected chi connectivity index (χ2v) is 7.38. The van der Waals surface area contributed by atoms with E-state index < -0.39 is 11.6 Å². The van der Waals surface area contributed by atoms with E-state index in [1.54, 1.807) is 25.1 Å². The van der Waals surface area contributed by atoms with E-state index in [0.29, 0.717) is 5.56 Å². The Bertz CT molecular complexity index is 567. The summed E-state index contributed by atoms with van der Waals surface area (Å²) >= 11 is 0. The first kappa shape index (κ1) is 17.4. The van der Waals surface area contributed by atoms with E-state index in [-0.39, 0.29) is 11.7 Å². The van der Waals surface area contributed by atoms with Gasteiger partial charge in [-0.25, -0.2) is 4.39 Å². The van der Waals surface area contributed by atoms with E-state index in [1.807, 2.05) is 0 Å². The highest BCUT2D eigenvalue weighted by Crippen LogP contribution is 2.44. The van der Waals surface area contributed by atoms with Crippen LogP contribution in [0.15, 0.2) is 24.5 Å². The molecule has 2 saturated carbocycles. The van der Waals surface area contributed by atoms with Gasteiger partial charge in [0, 0.05) is 0 Å². The zero-order valence-electron chi connectivity index (χ0n) is 14.6. The predicted octanol–water partition coefficient (Wildman–Crippen LogP) is 6.73. The molecule has 0 unspecified atom stereocenters. The van der Waals surface area contributed by atoms with Gasteiger partial charge >= 0.3 is 0 Å². The van der Waals surface area contributed by atoms with Gasteiger partial charge in [0.25, 0.3) is 0 Å². The third-order valence-corrected chi connectivity index (χ3v) is 5.94. The Balaban J connectivity index is 1.64. The summed E-state index contributed by atoms with van der Waals surface area (Å²) in [5.41, 5.74) is 0.530. The fourth-order valence-electron chi connectivity index (χ4n) is 4.60. The minimum Gasteiger partial charge on any atom is -0.462 e. The molecular weight excluding hydrogens is 306 g/mol. The normalized spacial score (nSPS) is 26.0. The van der Waals surface area contributed by atoms with E-state index in [4.69, 9.17) is 4.74 Å². The van der Waals surface area contributed by atoms with Gasteiger partial charge in [-0.2, -0.15) is 4.39 Å². The highest BCUT2D eigenvalue weighted by atomic mass is 19.2. The van der Waals surface area contributed by atoms with Gasteiger partial charge in [-0.15, -0.1) is 0 Å². The van der Waals surface area contributed by atoms with Gasteiger partial charge in [0.05, 0.1) is 6.26 Å². The van der Waals surface area contributed by atoms with Crippen LogP contribution < -0.4 is 4.74 Å². The first-order valence-corrected chi connectivity index (χ1v) is 9.46. The molecule has 0 atom stereocenters. The minimum atomic E-state index is -0.861. The first-order valence-electron chi connectivity index (χ1n) is 9.46. The van der Waals surface area contributed by atoms with Gasteiger partial charge in [0.2, 0.25) is 5.82 Å². The van der Waals surface area contributed by atoms with Crippen LogP contribution in [0.4, 0.5) is 8.78 Å². The largest absolute Gasteiger partial charge is 0.462 e. The maximum atomic E-state index is 14.4. The van der Waals surface area contributed by atoms with Crippen LogP contribution in [0.25, 0.3) is 0 Å². The van der Waals surface area contributed by atoms with Gasteiger partial charge in [-0.1, -0.05) is 44.2 Å². The van der Waals surface area contributed by atoms with E-state index in [0.717, 1.165) is 37.5 Å². The molecule has 3 rings (SSSR count). The molecule has 2 aliphatic rings. The van der Waals surface area contributed by atoms with E-state index >= 15 is 0 Å². The molecule has 0 spiro atoms. The number of hydrogen-bond donors (Lipinski definition) is 0. The number of allylic oxidation sites excluding steroid dienone is 1. The number of halogens is 2. The minimum absolute atomic E-state index is 0.0368. The number of rotatable bonds is 4. The Hall–Kier alpha value is -1.38. The van der Waals surface area contributed by atoms with Crippen molar-refractivity contribution >= 4 is 0 Å². The molecule has 0 aromatic heterocycles. The molecule has 2 fully saturated rings. The van der Waals surface area contributed by atoms with Crippen molar-refractivity contribution in [2.75, 3.05) is 0 Å². The lowest BCUT2D eigenvalue weighted by molar-refractivity contribution is 0.184.